The molecule has 1 unspecified atom stereocenters. The van der Waals surface area contributed by atoms with E-state index >= 15 is 0 Å². The van der Waals surface area contributed by atoms with Crippen LogP contribution in [0.15, 0.2) is 18.2 Å². The molecule has 2 nitrogen and oxygen atoms in total. The number of halogens is 1. The summed E-state index contributed by atoms with van der Waals surface area (Å²) in [6.45, 7) is 4.28. The molecule has 1 aromatic rings. The number of carbonyl (C=O) groups is 1. The molecule has 0 radical (unpaired) electrons. The van der Waals surface area contributed by atoms with Gasteiger partial charge in [0.05, 0.1) is 10.7 Å². The maximum absolute atomic E-state index is 10.6. The third kappa shape index (κ3) is 2.72. The fourth-order valence-corrected chi connectivity index (χ4v) is 1.72. The van der Waals surface area contributed by atoms with Crippen molar-refractivity contribution in [3.63, 3.8) is 0 Å². The molecule has 1 atom stereocenters. The quantitative estimate of drug-likeness (QED) is 0.733. The Balaban J connectivity index is 2.99. The molecule has 0 amide bonds. The Morgan fingerprint density at radius 2 is 2.20 bits per heavy atom. The number of hydrogen-bond acceptors (Lipinski definition) is 2. The van der Waals surface area contributed by atoms with Gasteiger partial charge in [0.1, 0.15) is 6.29 Å². The van der Waals surface area contributed by atoms with E-state index in [9.17, 15) is 4.79 Å². The lowest BCUT2D eigenvalue weighted by molar-refractivity contribution is 0.112. The van der Waals surface area contributed by atoms with E-state index in [1.165, 1.54) is 0 Å². The predicted molar refractivity (Wildman–Crippen MR) is 65.0 cm³/mol. The van der Waals surface area contributed by atoms with Crippen molar-refractivity contribution in [3.05, 3.63) is 28.8 Å². The van der Waals surface area contributed by atoms with E-state index in [1.807, 2.05) is 13.1 Å². The minimum Gasteiger partial charge on any atom is -0.371 e. The van der Waals surface area contributed by atoms with Crippen molar-refractivity contribution in [3.8, 4) is 0 Å². The summed E-state index contributed by atoms with van der Waals surface area (Å²) in [7, 11) is 2.01. The Bertz CT molecular complexity index is 351. The molecule has 0 heterocycles. The van der Waals surface area contributed by atoms with Crippen LogP contribution < -0.4 is 4.90 Å². The number of benzene rings is 1. The van der Waals surface area contributed by atoms with Crippen LogP contribution in [0.2, 0.25) is 5.02 Å². The first-order valence-corrected chi connectivity index (χ1v) is 5.45. The Hall–Kier alpha value is -1.02. The van der Waals surface area contributed by atoms with E-state index in [1.54, 1.807) is 12.1 Å². The van der Waals surface area contributed by atoms with E-state index < -0.39 is 0 Å². The van der Waals surface area contributed by atoms with Gasteiger partial charge in [-0.25, -0.2) is 0 Å². The number of aldehydes is 1. The highest BCUT2D eigenvalue weighted by Gasteiger charge is 2.11. The lowest BCUT2D eigenvalue weighted by Gasteiger charge is -2.27. The maximum Gasteiger partial charge on any atom is 0.150 e. The zero-order chi connectivity index (χ0) is 11.4. The van der Waals surface area contributed by atoms with Crippen LogP contribution in [-0.4, -0.2) is 19.4 Å². The second kappa shape index (κ2) is 5.17. The smallest absolute Gasteiger partial charge is 0.150 e. The second-order valence-electron chi connectivity index (χ2n) is 3.70. The number of hydrogen-bond donors (Lipinski definition) is 0. The zero-order valence-corrected chi connectivity index (χ0v) is 10.1. The van der Waals surface area contributed by atoms with Gasteiger partial charge in [0.25, 0.3) is 0 Å². The summed E-state index contributed by atoms with van der Waals surface area (Å²) in [5, 5.41) is 0.627. The van der Waals surface area contributed by atoms with Gasteiger partial charge in [-0.05, 0) is 31.5 Å². The Labute approximate surface area is 95.8 Å². The number of nitrogens with zero attached hydrogens (tertiary/aromatic N) is 1. The SMILES string of the molecule is CCC(C)N(C)c1ccc(C=O)cc1Cl. The van der Waals surface area contributed by atoms with Crippen molar-refractivity contribution in [1.29, 1.82) is 0 Å². The largest absolute Gasteiger partial charge is 0.371 e. The molecule has 1 rings (SSSR count). The lowest BCUT2D eigenvalue weighted by Crippen LogP contribution is -2.28. The van der Waals surface area contributed by atoms with E-state index in [0.717, 1.165) is 18.4 Å². The van der Waals surface area contributed by atoms with Crippen molar-refractivity contribution in [1.82, 2.24) is 0 Å². The molecule has 0 saturated heterocycles. The highest BCUT2D eigenvalue weighted by atomic mass is 35.5. The third-order valence-electron chi connectivity index (χ3n) is 2.74. The van der Waals surface area contributed by atoms with E-state index in [4.69, 9.17) is 11.6 Å². The summed E-state index contributed by atoms with van der Waals surface area (Å²) in [6, 6.07) is 5.80. The molecular formula is C12H16ClNO. The van der Waals surface area contributed by atoms with Crippen molar-refractivity contribution in [2.45, 2.75) is 26.3 Å². The highest BCUT2D eigenvalue weighted by Crippen LogP contribution is 2.27. The molecule has 0 aliphatic carbocycles. The van der Waals surface area contributed by atoms with Crippen LogP contribution in [0.5, 0.6) is 0 Å². The first-order chi connectivity index (χ1) is 7.10. The zero-order valence-electron chi connectivity index (χ0n) is 9.33. The molecule has 0 saturated carbocycles. The van der Waals surface area contributed by atoms with E-state index in [0.29, 0.717) is 16.6 Å². The van der Waals surface area contributed by atoms with Crippen molar-refractivity contribution < 1.29 is 4.79 Å². The minimum absolute atomic E-state index is 0.435. The molecule has 0 spiro atoms. The molecule has 82 valence electrons. The van der Waals surface area contributed by atoms with Crippen LogP contribution in [0.3, 0.4) is 0 Å². The first kappa shape index (κ1) is 12.1. The van der Waals surface area contributed by atoms with Gasteiger partial charge in [0, 0.05) is 18.7 Å². The maximum atomic E-state index is 10.6. The van der Waals surface area contributed by atoms with Gasteiger partial charge in [-0.2, -0.15) is 0 Å². The number of anilines is 1. The van der Waals surface area contributed by atoms with Gasteiger partial charge in [0.15, 0.2) is 0 Å². The summed E-state index contributed by atoms with van der Waals surface area (Å²) in [5.74, 6) is 0. The van der Waals surface area contributed by atoms with Crippen LogP contribution >= 0.6 is 11.6 Å². The van der Waals surface area contributed by atoms with Crippen LogP contribution in [-0.2, 0) is 0 Å². The topological polar surface area (TPSA) is 20.3 Å². The molecule has 3 heteroatoms. The van der Waals surface area contributed by atoms with E-state index in [-0.39, 0.29) is 0 Å². The van der Waals surface area contributed by atoms with Crippen molar-refractivity contribution in [2.24, 2.45) is 0 Å². The van der Waals surface area contributed by atoms with Crippen molar-refractivity contribution >= 4 is 23.6 Å². The molecule has 0 aliphatic heterocycles. The molecular weight excluding hydrogens is 210 g/mol. The normalized spacial score (nSPS) is 12.3. The van der Waals surface area contributed by atoms with Gasteiger partial charge in [-0.15, -0.1) is 0 Å². The van der Waals surface area contributed by atoms with E-state index in [2.05, 4.69) is 18.7 Å². The summed E-state index contributed by atoms with van der Waals surface area (Å²) in [5.41, 5.74) is 1.58. The fourth-order valence-electron chi connectivity index (χ4n) is 1.39. The highest BCUT2D eigenvalue weighted by molar-refractivity contribution is 6.33. The summed E-state index contributed by atoms with van der Waals surface area (Å²) < 4.78 is 0. The Morgan fingerprint density at radius 3 is 2.67 bits per heavy atom. The molecule has 0 aromatic heterocycles. The molecule has 0 bridgehead atoms. The van der Waals surface area contributed by atoms with Gasteiger partial charge in [0.2, 0.25) is 0 Å². The Morgan fingerprint density at radius 1 is 1.53 bits per heavy atom. The van der Waals surface area contributed by atoms with Crippen LogP contribution in [0, 0.1) is 0 Å². The van der Waals surface area contributed by atoms with Gasteiger partial charge in [-0.1, -0.05) is 18.5 Å². The monoisotopic (exact) mass is 225 g/mol. The van der Waals surface area contributed by atoms with Crippen molar-refractivity contribution in [2.75, 3.05) is 11.9 Å². The fraction of sp³-hybridized carbons (Fsp3) is 0.417. The molecule has 0 N–H and O–H groups in total. The summed E-state index contributed by atoms with van der Waals surface area (Å²) in [4.78, 5) is 12.7. The Kier molecular flexibility index (Phi) is 4.15. The molecule has 0 aliphatic rings. The molecule has 1 aromatic carbocycles. The predicted octanol–water partition coefficient (Wildman–Crippen LogP) is 3.39. The van der Waals surface area contributed by atoms with Crippen LogP contribution in [0.25, 0.3) is 0 Å². The van der Waals surface area contributed by atoms with Crippen LogP contribution in [0.4, 0.5) is 5.69 Å². The number of carbonyl (C=O) groups excluding carboxylic acids is 1. The third-order valence-corrected chi connectivity index (χ3v) is 3.04. The van der Waals surface area contributed by atoms with Gasteiger partial charge >= 0.3 is 0 Å². The molecule has 0 fully saturated rings. The average molecular weight is 226 g/mol. The summed E-state index contributed by atoms with van der Waals surface area (Å²) >= 11 is 6.10. The lowest BCUT2D eigenvalue weighted by atomic mass is 10.1. The number of rotatable bonds is 4. The first-order valence-electron chi connectivity index (χ1n) is 5.07. The van der Waals surface area contributed by atoms with Gasteiger partial charge < -0.3 is 4.90 Å². The second-order valence-corrected chi connectivity index (χ2v) is 4.10. The standard InChI is InChI=1S/C12H16ClNO/c1-4-9(2)14(3)12-6-5-10(8-15)7-11(12)13/h5-9H,4H2,1-3H3. The minimum atomic E-state index is 0.435. The van der Waals surface area contributed by atoms with Gasteiger partial charge in [-0.3, -0.25) is 4.79 Å². The molecule has 15 heavy (non-hydrogen) atoms. The summed E-state index contributed by atoms with van der Waals surface area (Å²) in [6.07, 6.45) is 1.86. The van der Waals surface area contributed by atoms with Crippen LogP contribution in [0.1, 0.15) is 30.6 Å². The average Bonchev–Trinajstić information content (AvgIpc) is 2.26.